The number of amides is 1. The zero-order valence-electron chi connectivity index (χ0n) is 20.4. The molecule has 0 aliphatic heterocycles. The Morgan fingerprint density at radius 2 is 1.69 bits per heavy atom. The van der Waals surface area contributed by atoms with Gasteiger partial charge in [0.05, 0.1) is 23.7 Å². The Morgan fingerprint density at radius 3 is 2.26 bits per heavy atom. The molecule has 3 aromatic rings. The molecule has 0 aromatic heterocycles. The third-order valence-corrected chi connectivity index (χ3v) is 7.83. The first-order chi connectivity index (χ1) is 16.6. The highest BCUT2D eigenvalue weighted by Gasteiger charge is 2.28. The summed E-state index contributed by atoms with van der Waals surface area (Å²) in [5.74, 6) is 0.662. The first-order valence-corrected chi connectivity index (χ1v) is 13.6. The molecule has 186 valence electrons. The summed E-state index contributed by atoms with van der Waals surface area (Å²) in [5.41, 5.74) is 2.29. The summed E-state index contributed by atoms with van der Waals surface area (Å²) >= 11 is 3.41. The van der Waals surface area contributed by atoms with Crippen LogP contribution in [0, 0.1) is 12.8 Å². The minimum absolute atomic E-state index is 0.129. The maximum absolute atomic E-state index is 13.6. The lowest BCUT2D eigenvalue weighted by molar-refractivity contribution is -0.120. The zero-order chi connectivity index (χ0) is 25.6. The van der Waals surface area contributed by atoms with E-state index in [1.54, 1.807) is 49.6 Å². The summed E-state index contributed by atoms with van der Waals surface area (Å²) in [6, 6.07) is 20.8. The number of rotatable bonds is 10. The van der Waals surface area contributed by atoms with Crippen molar-refractivity contribution >= 4 is 37.5 Å². The van der Waals surface area contributed by atoms with Crippen LogP contribution in [-0.2, 0) is 14.8 Å². The van der Waals surface area contributed by atoms with Gasteiger partial charge in [-0.1, -0.05) is 65.7 Å². The number of nitrogens with zero attached hydrogens (tertiary/aromatic N) is 1. The van der Waals surface area contributed by atoms with Crippen LogP contribution in [0.1, 0.15) is 37.4 Å². The minimum atomic E-state index is -3.98. The molecule has 3 aromatic carbocycles. The van der Waals surface area contributed by atoms with Gasteiger partial charge in [-0.2, -0.15) is 0 Å². The number of carbonyl (C=O) groups is 1. The van der Waals surface area contributed by atoms with Crippen LogP contribution >= 0.6 is 15.9 Å². The molecule has 0 aliphatic carbocycles. The van der Waals surface area contributed by atoms with E-state index in [1.165, 1.54) is 0 Å². The van der Waals surface area contributed by atoms with Gasteiger partial charge in [0.15, 0.2) is 0 Å². The minimum Gasteiger partial charge on any atom is -0.497 e. The van der Waals surface area contributed by atoms with Crippen molar-refractivity contribution in [3.8, 4) is 5.75 Å². The summed E-state index contributed by atoms with van der Waals surface area (Å²) < 4.78 is 34.3. The van der Waals surface area contributed by atoms with Crippen molar-refractivity contribution in [3.63, 3.8) is 0 Å². The van der Waals surface area contributed by atoms with Crippen LogP contribution in [0.2, 0.25) is 0 Å². The van der Waals surface area contributed by atoms with Crippen molar-refractivity contribution in [1.29, 1.82) is 0 Å². The molecule has 0 heterocycles. The molecule has 0 radical (unpaired) electrons. The van der Waals surface area contributed by atoms with Crippen molar-refractivity contribution in [1.82, 2.24) is 5.32 Å². The van der Waals surface area contributed by atoms with Gasteiger partial charge in [0, 0.05) is 4.47 Å². The second-order valence-corrected chi connectivity index (χ2v) is 11.6. The van der Waals surface area contributed by atoms with Crippen LogP contribution in [0.5, 0.6) is 5.75 Å². The van der Waals surface area contributed by atoms with Crippen molar-refractivity contribution in [2.45, 2.75) is 38.1 Å². The SMILES string of the molecule is COc1ccc([C@@H](CC(C)C)NC(=O)CN(c2cccc(Br)c2)S(=O)(=O)c2ccc(C)cc2)cc1. The molecular formula is C27H31BrN2O4S. The highest BCUT2D eigenvalue weighted by molar-refractivity contribution is 9.10. The van der Waals surface area contributed by atoms with Gasteiger partial charge in [-0.05, 0) is 67.3 Å². The highest BCUT2D eigenvalue weighted by Crippen LogP contribution is 2.28. The average molecular weight is 560 g/mol. The van der Waals surface area contributed by atoms with E-state index in [-0.39, 0.29) is 23.4 Å². The van der Waals surface area contributed by atoms with Gasteiger partial charge in [0.1, 0.15) is 12.3 Å². The molecule has 0 aliphatic rings. The largest absolute Gasteiger partial charge is 0.497 e. The van der Waals surface area contributed by atoms with Crippen molar-refractivity contribution in [2.24, 2.45) is 5.92 Å². The monoisotopic (exact) mass is 558 g/mol. The number of carbonyl (C=O) groups excluding carboxylic acids is 1. The fraction of sp³-hybridized carbons (Fsp3) is 0.296. The summed E-state index contributed by atoms with van der Waals surface area (Å²) in [6.45, 7) is 5.71. The topological polar surface area (TPSA) is 75.7 Å². The average Bonchev–Trinajstić information content (AvgIpc) is 2.82. The summed E-state index contributed by atoms with van der Waals surface area (Å²) in [5, 5.41) is 3.05. The predicted molar refractivity (Wildman–Crippen MR) is 143 cm³/mol. The van der Waals surface area contributed by atoms with E-state index in [9.17, 15) is 13.2 Å². The van der Waals surface area contributed by atoms with E-state index < -0.39 is 10.0 Å². The number of methoxy groups -OCH3 is 1. The quantitative estimate of drug-likeness (QED) is 0.338. The Morgan fingerprint density at radius 1 is 1.03 bits per heavy atom. The molecule has 0 saturated carbocycles. The number of benzene rings is 3. The number of nitrogens with one attached hydrogen (secondary N) is 1. The molecule has 3 rings (SSSR count). The third kappa shape index (κ3) is 7.08. The van der Waals surface area contributed by atoms with Crippen molar-refractivity contribution in [2.75, 3.05) is 18.0 Å². The number of ether oxygens (including phenoxy) is 1. The summed E-state index contributed by atoms with van der Waals surface area (Å²) in [7, 11) is -2.38. The number of aryl methyl sites for hydroxylation is 1. The van der Waals surface area contributed by atoms with E-state index >= 15 is 0 Å². The van der Waals surface area contributed by atoms with E-state index in [0.717, 1.165) is 25.7 Å². The molecule has 1 atom stereocenters. The van der Waals surface area contributed by atoms with Crippen LogP contribution in [0.15, 0.2) is 82.2 Å². The van der Waals surface area contributed by atoms with E-state index in [2.05, 4.69) is 35.1 Å². The summed E-state index contributed by atoms with van der Waals surface area (Å²) in [6.07, 6.45) is 0.708. The molecule has 0 bridgehead atoms. The lowest BCUT2D eigenvalue weighted by Gasteiger charge is -2.27. The molecule has 0 spiro atoms. The number of hydrogen-bond acceptors (Lipinski definition) is 4. The lowest BCUT2D eigenvalue weighted by atomic mass is 9.97. The van der Waals surface area contributed by atoms with Crippen LogP contribution < -0.4 is 14.4 Å². The second-order valence-electron chi connectivity index (χ2n) is 8.83. The molecule has 35 heavy (non-hydrogen) atoms. The van der Waals surface area contributed by atoms with Crippen molar-refractivity contribution < 1.29 is 17.9 Å². The smallest absolute Gasteiger partial charge is 0.264 e. The first-order valence-electron chi connectivity index (χ1n) is 11.4. The first kappa shape index (κ1) is 26.8. The standard InChI is InChI=1S/C27H31BrN2O4S/c1-19(2)16-26(21-10-12-24(34-4)13-11-21)29-27(31)18-30(23-7-5-6-22(28)17-23)35(32,33)25-14-8-20(3)9-15-25/h5-15,17,19,26H,16,18H2,1-4H3,(H,29,31)/t26-/m1/s1. The molecule has 0 fully saturated rings. The van der Waals surface area contributed by atoms with Crippen LogP contribution in [0.4, 0.5) is 5.69 Å². The Hall–Kier alpha value is -2.84. The van der Waals surface area contributed by atoms with E-state index in [4.69, 9.17) is 4.74 Å². The molecule has 1 amide bonds. The van der Waals surface area contributed by atoms with Crippen LogP contribution in [-0.4, -0.2) is 28.0 Å². The Balaban J connectivity index is 1.92. The van der Waals surface area contributed by atoms with Gasteiger partial charge in [0.25, 0.3) is 10.0 Å². The van der Waals surface area contributed by atoms with Gasteiger partial charge < -0.3 is 10.1 Å². The maximum atomic E-state index is 13.6. The van der Waals surface area contributed by atoms with Crippen LogP contribution in [0.25, 0.3) is 0 Å². The van der Waals surface area contributed by atoms with Gasteiger partial charge in [-0.25, -0.2) is 8.42 Å². The van der Waals surface area contributed by atoms with E-state index in [1.807, 2.05) is 37.3 Å². The molecule has 0 unspecified atom stereocenters. The Labute approximate surface area is 216 Å². The number of hydrogen-bond donors (Lipinski definition) is 1. The second kappa shape index (κ2) is 11.7. The summed E-state index contributed by atoms with van der Waals surface area (Å²) in [4.78, 5) is 13.4. The zero-order valence-corrected chi connectivity index (χ0v) is 22.8. The Kier molecular flexibility index (Phi) is 8.97. The number of sulfonamides is 1. The molecule has 6 nitrogen and oxygen atoms in total. The van der Waals surface area contributed by atoms with Gasteiger partial charge in [0.2, 0.25) is 5.91 Å². The number of anilines is 1. The Bertz CT molecular complexity index is 1240. The lowest BCUT2D eigenvalue weighted by Crippen LogP contribution is -2.42. The number of halogens is 1. The molecule has 8 heteroatoms. The molecule has 1 N–H and O–H groups in total. The van der Waals surface area contributed by atoms with Gasteiger partial charge >= 0.3 is 0 Å². The normalized spacial score (nSPS) is 12.3. The maximum Gasteiger partial charge on any atom is 0.264 e. The third-order valence-electron chi connectivity index (χ3n) is 5.55. The van der Waals surface area contributed by atoms with Crippen LogP contribution in [0.3, 0.4) is 0 Å². The van der Waals surface area contributed by atoms with Gasteiger partial charge in [-0.3, -0.25) is 9.10 Å². The highest BCUT2D eigenvalue weighted by atomic mass is 79.9. The fourth-order valence-corrected chi connectivity index (χ4v) is 5.54. The molecule has 0 saturated heterocycles. The van der Waals surface area contributed by atoms with Gasteiger partial charge in [-0.15, -0.1) is 0 Å². The van der Waals surface area contributed by atoms with E-state index in [0.29, 0.717) is 18.0 Å². The fourth-order valence-electron chi connectivity index (χ4n) is 3.74. The van der Waals surface area contributed by atoms with Crippen molar-refractivity contribution in [3.05, 3.63) is 88.4 Å². The predicted octanol–water partition coefficient (Wildman–Crippen LogP) is 5.87. The molecular weight excluding hydrogens is 528 g/mol.